The molecule has 1 N–H and O–H groups in total. The Morgan fingerprint density at radius 3 is 2.32 bits per heavy atom. The summed E-state index contributed by atoms with van der Waals surface area (Å²) in [5.41, 5.74) is 0.685. The van der Waals surface area contributed by atoms with Crippen LogP contribution in [0.4, 0.5) is 0 Å². The van der Waals surface area contributed by atoms with Crippen molar-refractivity contribution < 1.29 is 9.53 Å². The Bertz CT molecular complexity index is 938. The number of hydrogen-bond acceptors (Lipinski definition) is 4. The third-order valence-corrected chi connectivity index (χ3v) is 7.28. The fraction of sp³-hybridized carbons (Fsp3) is 0.350. The molecule has 0 unspecified atom stereocenters. The molecule has 2 saturated heterocycles. The van der Waals surface area contributed by atoms with Gasteiger partial charge in [0.2, 0.25) is 0 Å². The molecule has 2 aromatic carbocycles. The van der Waals surface area contributed by atoms with Crippen molar-refractivity contribution in [3.63, 3.8) is 0 Å². The number of methoxy groups -OCH3 is 1. The van der Waals surface area contributed by atoms with Crippen molar-refractivity contribution in [2.75, 3.05) is 13.7 Å². The molecule has 2 aromatic rings. The normalized spacial score (nSPS) is 27.0. The van der Waals surface area contributed by atoms with Crippen LogP contribution in [0.3, 0.4) is 0 Å². The second kappa shape index (κ2) is 7.67. The van der Waals surface area contributed by atoms with Crippen LogP contribution in [0.1, 0.15) is 36.1 Å². The Morgan fingerprint density at radius 2 is 1.68 bits per heavy atom. The Kier molecular flexibility index (Phi) is 5.56. The summed E-state index contributed by atoms with van der Waals surface area (Å²) in [7, 11) is 1.40. The maximum Gasteiger partial charge on any atom is 0.341 e. The number of nitrogens with zero attached hydrogens (tertiary/aromatic N) is 1. The van der Waals surface area contributed by atoms with Gasteiger partial charge in [0, 0.05) is 6.54 Å². The summed E-state index contributed by atoms with van der Waals surface area (Å²) in [6.45, 7) is 0.713. The van der Waals surface area contributed by atoms with Crippen molar-refractivity contribution in [1.82, 2.24) is 10.2 Å². The molecule has 2 fully saturated rings. The highest BCUT2D eigenvalue weighted by atomic mass is 35.5. The molecular weight excluding hydrogens is 442 g/mol. The van der Waals surface area contributed by atoms with E-state index in [-0.39, 0.29) is 18.1 Å². The van der Waals surface area contributed by atoms with Gasteiger partial charge in [-0.05, 0) is 36.1 Å². The van der Waals surface area contributed by atoms with Gasteiger partial charge in [-0.15, -0.1) is 0 Å². The molecule has 8 heteroatoms. The minimum absolute atomic E-state index is 0.260. The molecule has 3 atom stereocenters. The minimum Gasteiger partial charge on any atom is -0.467 e. The second-order valence-electron chi connectivity index (χ2n) is 7.00. The van der Waals surface area contributed by atoms with E-state index >= 15 is 0 Å². The maximum atomic E-state index is 12.8. The van der Waals surface area contributed by atoms with E-state index in [0.29, 0.717) is 33.1 Å². The molecule has 2 aliphatic heterocycles. The van der Waals surface area contributed by atoms with Gasteiger partial charge in [0.1, 0.15) is 0 Å². The molecule has 4 rings (SSSR count). The first-order valence-electron chi connectivity index (χ1n) is 8.91. The summed E-state index contributed by atoms with van der Waals surface area (Å²) in [4.78, 5) is 14.9. The summed E-state index contributed by atoms with van der Waals surface area (Å²) in [6, 6.07) is 10.4. The van der Waals surface area contributed by atoms with Crippen LogP contribution in [0.15, 0.2) is 36.4 Å². The van der Waals surface area contributed by atoms with E-state index in [0.717, 1.165) is 17.5 Å². The summed E-state index contributed by atoms with van der Waals surface area (Å²) in [5.74, 6) is -0.325. The van der Waals surface area contributed by atoms with Gasteiger partial charge >= 0.3 is 5.97 Å². The van der Waals surface area contributed by atoms with E-state index in [1.807, 2.05) is 24.3 Å². The van der Waals surface area contributed by atoms with Gasteiger partial charge in [0.25, 0.3) is 0 Å². The number of halogens is 4. The molecule has 4 nitrogen and oxygen atoms in total. The molecule has 2 aliphatic rings. The monoisotopic (exact) mass is 458 g/mol. The zero-order chi connectivity index (χ0) is 20.1. The van der Waals surface area contributed by atoms with Crippen molar-refractivity contribution in [3.8, 4) is 0 Å². The van der Waals surface area contributed by atoms with Crippen LogP contribution in [0, 0.1) is 0 Å². The summed E-state index contributed by atoms with van der Waals surface area (Å²) < 4.78 is 5.15. The Hall–Kier alpha value is -1.01. The summed E-state index contributed by atoms with van der Waals surface area (Å²) in [5, 5.41) is 5.34. The highest BCUT2D eigenvalue weighted by Crippen LogP contribution is 2.53. The molecule has 0 bridgehead atoms. The largest absolute Gasteiger partial charge is 0.467 e. The van der Waals surface area contributed by atoms with Crippen molar-refractivity contribution in [2.45, 2.75) is 30.6 Å². The highest BCUT2D eigenvalue weighted by molar-refractivity contribution is 6.43. The number of carbonyl (C=O) groups is 1. The third-order valence-electron chi connectivity index (χ3n) is 5.61. The lowest BCUT2D eigenvalue weighted by atomic mass is 9.93. The van der Waals surface area contributed by atoms with Crippen molar-refractivity contribution in [1.29, 1.82) is 0 Å². The summed E-state index contributed by atoms with van der Waals surface area (Å²) in [6.07, 6.45) is 1.48. The number of hydrogen-bond donors (Lipinski definition) is 1. The van der Waals surface area contributed by atoms with Crippen LogP contribution >= 0.6 is 46.4 Å². The van der Waals surface area contributed by atoms with Gasteiger partial charge < -0.3 is 4.74 Å². The predicted molar refractivity (Wildman–Crippen MR) is 112 cm³/mol. The van der Waals surface area contributed by atoms with Crippen LogP contribution in [-0.4, -0.2) is 30.2 Å². The van der Waals surface area contributed by atoms with Gasteiger partial charge in [-0.25, -0.2) is 4.79 Å². The molecular formula is C20H18Cl4N2O2. The van der Waals surface area contributed by atoms with Crippen LogP contribution < -0.4 is 5.32 Å². The summed E-state index contributed by atoms with van der Waals surface area (Å²) >= 11 is 25.7. The smallest absolute Gasteiger partial charge is 0.341 e. The zero-order valence-corrected chi connectivity index (χ0v) is 18.0. The molecule has 148 valence electrons. The lowest BCUT2D eigenvalue weighted by molar-refractivity contribution is -0.154. The molecule has 0 amide bonds. The van der Waals surface area contributed by atoms with Crippen molar-refractivity contribution in [2.24, 2.45) is 0 Å². The van der Waals surface area contributed by atoms with Gasteiger partial charge in [-0.2, -0.15) is 0 Å². The minimum atomic E-state index is -0.943. The van der Waals surface area contributed by atoms with E-state index in [2.05, 4.69) is 10.2 Å². The van der Waals surface area contributed by atoms with E-state index in [4.69, 9.17) is 51.1 Å². The maximum absolute atomic E-state index is 12.8. The van der Waals surface area contributed by atoms with Gasteiger partial charge in [0.15, 0.2) is 5.66 Å². The fourth-order valence-corrected chi connectivity index (χ4v) is 5.28. The number of carbonyl (C=O) groups excluding carboxylic acids is 1. The Morgan fingerprint density at radius 1 is 1.07 bits per heavy atom. The highest BCUT2D eigenvalue weighted by Gasteiger charge is 2.60. The fourth-order valence-electron chi connectivity index (χ4n) is 4.44. The Balaban J connectivity index is 1.91. The standard InChI is InChI=1S/C20H18Cl4N2O2/c1-28-19(27)20-9-4-10-26(20)18(12-6-3-8-14(22)16(12)24)17(25-20)11-5-2-7-13(21)15(11)23/h2-3,5-8,17-18,25H,4,9-10H2,1H3/t17-,18+,20-/m1/s1. The molecule has 28 heavy (non-hydrogen) atoms. The number of nitrogens with one attached hydrogen (secondary N) is 1. The lowest BCUT2D eigenvalue weighted by Crippen LogP contribution is -2.54. The number of benzene rings is 2. The second-order valence-corrected chi connectivity index (χ2v) is 8.57. The lowest BCUT2D eigenvalue weighted by Gasteiger charge is -2.32. The van der Waals surface area contributed by atoms with Gasteiger partial charge in [-0.3, -0.25) is 10.2 Å². The average Bonchev–Trinajstić information content (AvgIpc) is 3.23. The number of rotatable bonds is 3. The average molecular weight is 460 g/mol. The first-order valence-corrected chi connectivity index (χ1v) is 10.4. The molecule has 2 heterocycles. The number of esters is 1. The number of ether oxygens (including phenoxy) is 1. The Labute approximate surface area is 183 Å². The SMILES string of the molecule is COC(=O)[C@@]12CCCN1[C@@H](c1cccc(Cl)c1Cl)[C@@H](c1cccc(Cl)c1Cl)N2. The topological polar surface area (TPSA) is 41.6 Å². The third kappa shape index (κ3) is 3.02. The van der Waals surface area contributed by atoms with Crippen LogP contribution in [0.2, 0.25) is 20.1 Å². The van der Waals surface area contributed by atoms with E-state index in [9.17, 15) is 4.79 Å². The van der Waals surface area contributed by atoms with E-state index in [1.54, 1.807) is 12.1 Å². The first-order chi connectivity index (χ1) is 13.4. The molecule has 0 aliphatic carbocycles. The van der Waals surface area contributed by atoms with Crippen LogP contribution in [-0.2, 0) is 9.53 Å². The first kappa shape index (κ1) is 20.3. The van der Waals surface area contributed by atoms with Crippen molar-refractivity contribution >= 4 is 52.4 Å². The predicted octanol–water partition coefficient (Wildman–Crippen LogP) is 5.65. The van der Waals surface area contributed by atoms with Crippen LogP contribution in [0.25, 0.3) is 0 Å². The quantitative estimate of drug-likeness (QED) is 0.602. The number of fused-ring (bicyclic) bond motifs is 1. The molecule has 0 spiro atoms. The molecule has 0 saturated carbocycles. The van der Waals surface area contributed by atoms with Crippen LogP contribution in [0.5, 0.6) is 0 Å². The molecule has 0 radical (unpaired) electrons. The van der Waals surface area contributed by atoms with Gasteiger partial charge in [-0.1, -0.05) is 70.7 Å². The molecule has 0 aromatic heterocycles. The zero-order valence-electron chi connectivity index (χ0n) is 15.0. The van der Waals surface area contributed by atoms with Gasteiger partial charge in [0.05, 0.1) is 39.3 Å². The van der Waals surface area contributed by atoms with E-state index < -0.39 is 5.66 Å². The van der Waals surface area contributed by atoms with E-state index in [1.165, 1.54) is 7.11 Å². The van der Waals surface area contributed by atoms with Crippen molar-refractivity contribution in [3.05, 3.63) is 67.6 Å².